The lowest BCUT2D eigenvalue weighted by atomic mass is 10.1. The van der Waals surface area contributed by atoms with E-state index >= 15 is 0 Å². The van der Waals surface area contributed by atoms with Crippen molar-refractivity contribution in [2.45, 2.75) is 57.5 Å². The molecule has 4 rings (SSSR count). The quantitative estimate of drug-likeness (QED) is 0.619. The average molecular weight is 473 g/mol. The van der Waals surface area contributed by atoms with Crippen LogP contribution >= 0.6 is 11.6 Å². The summed E-state index contributed by atoms with van der Waals surface area (Å²) >= 11 is 5.89. The van der Waals surface area contributed by atoms with Crippen LogP contribution < -0.4 is 9.64 Å². The van der Waals surface area contributed by atoms with Gasteiger partial charge in [0.25, 0.3) is 0 Å². The zero-order valence-corrected chi connectivity index (χ0v) is 18.9. The van der Waals surface area contributed by atoms with Crippen molar-refractivity contribution in [2.75, 3.05) is 25.1 Å². The molecule has 7 nitrogen and oxygen atoms in total. The summed E-state index contributed by atoms with van der Waals surface area (Å²) in [5.74, 6) is 0.328. The number of amides is 1. The van der Waals surface area contributed by atoms with Gasteiger partial charge in [0.2, 0.25) is 0 Å². The number of ether oxygens (including phenoxy) is 2. The number of carbonyl (C=O) groups is 1. The second-order valence-electron chi connectivity index (χ2n) is 9.06. The molecule has 3 heterocycles. The molecule has 32 heavy (non-hydrogen) atoms. The van der Waals surface area contributed by atoms with Crippen molar-refractivity contribution in [1.29, 1.82) is 0 Å². The maximum Gasteiger partial charge on any atom is 0.417 e. The van der Waals surface area contributed by atoms with Crippen molar-refractivity contribution in [2.24, 2.45) is 0 Å². The largest absolute Gasteiger partial charge is 0.467 e. The van der Waals surface area contributed by atoms with Crippen LogP contribution in [0.4, 0.5) is 23.8 Å². The minimum Gasteiger partial charge on any atom is -0.467 e. The number of carbonyl (C=O) groups excluding carboxylic acids is 1. The summed E-state index contributed by atoms with van der Waals surface area (Å²) in [5.41, 5.74) is -1.30. The van der Waals surface area contributed by atoms with Gasteiger partial charge < -0.3 is 14.4 Å². The van der Waals surface area contributed by atoms with Gasteiger partial charge in [0.1, 0.15) is 11.4 Å². The van der Waals surface area contributed by atoms with Gasteiger partial charge in [0, 0.05) is 18.5 Å². The first-order valence-electron chi connectivity index (χ1n) is 10.3. The first-order valence-corrected chi connectivity index (χ1v) is 10.6. The van der Waals surface area contributed by atoms with E-state index in [1.807, 2.05) is 25.7 Å². The van der Waals surface area contributed by atoms with Crippen LogP contribution in [0, 0.1) is 0 Å². The maximum atomic E-state index is 13.5. The standard InChI is InChI=1S/C21H24ClF3N4O3/c1-20(2,3)32-19(30)29-11-5-6-12(29)10-28(9-11)17-13-7-14(21(23,24)25)15(22)8-16(13)26-18(27-17)31-4/h7-8,11-12H,5-6,9-10H2,1-4H3. The van der Waals surface area contributed by atoms with Crippen molar-refractivity contribution in [3.8, 4) is 6.01 Å². The van der Waals surface area contributed by atoms with E-state index in [1.165, 1.54) is 13.2 Å². The van der Waals surface area contributed by atoms with Crippen LogP contribution in [0.5, 0.6) is 6.01 Å². The third-order valence-corrected chi connectivity index (χ3v) is 5.93. The predicted octanol–water partition coefficient (Wildman–Crippen LogP) is 4.90. The second-order valence-corrected chi connectivity index (χ2v) is 9.47. The molecule has 2 aromatic rings. The molecule has 2 aliphatic rings. The molecule has 1 amide bonds. The van der Waals surface area contributed by atoms with E-state index in [-0.39, 0.29) is 35.1 Å². The number of alkyl halides is 3. The van der Waals surface area contributed by atoms with Crippen LogP contribution in [0.3, 0.4) is 0 Å². The number of benzene rings is 1. The lowest BCUT2D eigenvalue weighted by molar-refractivity contribution is -0.137. The number of hydrogen-bond donors (Lipinski definition) is 0. The summed E-state index contributed by atoms with van der Waals surface area (Å²) in [6.45, 7) is 6.26. The molecule has 0 aliphatic carbocycles. The van der Waals surface area contributed by atoms with E-state index in [1.54, 1.807) is 4.90 Å². The molecule has 0 radical (unpaired) electrons. The molecule has 2 saturated heterocycles. The van der Waals surface area contributed by atoms with Gasteiger partial charge in [-0.15, -0.1) is 0 Å². The number of hydrogen-bond acceptors (Lipinski definition) is 6. The number of halogens is 4. The highest BCUT2D eigenvalue weighted by atomic mass is 35.5. The molecule has 0 saturated carbocycles. The van der Waals surface area contributed by atoms with Crippen molar-refractivity contribution >= 4 is 34.4 Å². The molecule has 2 atom stereocenters. The topological polar surface area (TPSA) is 67.8 Å². The van der Waals surface area contributed by atoms with E-state index in [9.17, 15) is 18.0 Å². The SMILES string of the molecule is COc1nc(N2CC3CCC(C2)N3C(=O)OC(C)(C)C)c2cc(C(F)(F)F)c(Cl)cc2n1. The lowest BCUT2D eigenvalue weighted by Crippen LogP contribution is -2.57. The molecule has 1 aromatic heterocycles. The minimum absolute atomic E-state index is 0.0326. The molecule has 2 bridgehead atoms. The average Bonchev–Trinajstić information content (AvgIpc) is 2.94. The zero-order chi connectivity index (χ0) is 23.4. The normalized spacial score (nSPS) is 21.2. The fraction of sp³-hybridized carbons (Fsp3) is 0.571. The smallest absolute Gasteiger partial charge is 0.417 e. The van der Waals surface area contributed by atoms with Crippen molar-refractivity contribution in [3.05, 3.63) is 22.7 Å². The summed E-state index contributed by atoms with van der Waals surface area (Å²) in [4.78, 5) is 24.9. The highest BCUT2D eigenvalue weighted by molar-refractivity contribution is 6.32. The molecular weight excluding hydrogens is 449 g/mol. The van der Waals surface area contributed by atoms with Gasteiger partial charge >= 0.3 is 18.3 Å². The third-order valence-electron chi connectivity index (χ3n) is 5.62. The maximum absolute atomic E-state index is 13.5. The number of nitrogens with zero attached hydrogens (tertiary/aromatic N) is 4. The van der Waals surface area contributed by atoms with E-state index in [2.05, 4.69) is 9.97 Å². The molecule has 2 aliphatic heterocycles. The molecule has 0 N–H and O–H groups in total. The fourth-order valence-electron chi connectivity index (χ4n) is 4.35. The van der Waals surface area contributed by atoms with E-state index in [0.717, 1.165) is 18.9 Å². The van der Waals surface area contributed by atoms with Crippen molar-refractivity contribution in [1.82, 2.24) is 14.9 Å². The minimum atomic E-state index is -4.61. The zero-order valence-electron chi connectivity index (χ0n) is 18.2. The number of anilines is 1. The summed E-state index contributed by atoms with van der Waals surface area (Å²) in [6.07, 6.45) is -3.43. The van der Waals surface area contributed by atoms with Gasteiger partial charge in [-0.1, -0.05) is 11.6 Å². The molecule has 2 unspecified atom stereocenters. The Bertz CT molecular complexity index is 1040. The van der Waals surface area contributed by atoms with Gasteiger partial charge in [-0.05, 0) is 45.7 Å². The Hall–Kier alpha value is -2.49. The third kappa shape index (κ3) is 4.24. The van der Waals surface area contributed by atoms with E-state index < -0.39 is 22.4 Å². The number of methoxy groups -OCH3 is 1. The van der Waals surface area contributed by atoms with Crippen LogP contribution in [0.25, 0.3) is 10.9 Å². The monoisotopic (exact) mass is 472 g/mol. The second kappa shape index (κ2) is 7.83. The molecular formula is C21H24ClF3N4O3. The molecule has 0 spiro atoms. The molecule has 11 heteroatoms. The number of piperazine rings is 1. The molecule has 2 fully saturated rings. The van der Waals surface area contributed by atoms with Gasteiger partial charge in [0.05, 0.1) is 35.3 Å². The molecule has 174 valence electrons. The summed E-state index contributed by atoms with van der Waals surface area (Å²) in [7, 11) is 1.39. The fourth-order valence-corrected chi connectivity index (χ4v) is 4.62. The highest BCUT2D eigenvalue weighted by Crippen LogP contribution is 2.41. The first kappa shape index (κ1) is 22.7. The van der Waals surface area contributed by atoms with Crippen LogP contribution in [0.1, 0.15) is 39.2 Å². The summed E-state index contributed by atoms with van der Waals surface area (Å²) in [5, 5.41) is -0.209. The Morgan fingerprint density at radius 1 is 1.12 bits per heavy atom. The van der Waals surface area contributed by atoms with E-state index in [0.29, 0.717) is 18.9 Å². The van der Waals surface area contributed by atoms with Gasteiger partial charge in [0.15, 0.2) is 0 Å². The summed E-state index contributed by atoms with van der Waals surface area (Å²) in [6, 6.07) is 1.93. The van der Waals surface area contributed by atoms with Gasteiger partial charge in [-0.2, -0.15) is 23.1 Å². The highest BCUT2D eigenvalue weighted by Gasteiger charge is 2.45. The van der Waals surface area contributed by atoms with Crippen LogP contribution in [0.15, 0.2) is 12.1 Å². The predicted molar refractivity (Wildman–Crippen MR) is 113 cm³/mol. The Balaban J connectivity index is 1.72. The Morgan fingerprint density at radius 3 is 2.28 bits per heavy atom. The molecule has 1 aromatic carbocycles. The van der Waals surface area contributed by atoms with Crippen LogP contribution in [-0.4, -0.2) is 58.8 Å². The number of rotatable bonds is 2. The Labute approximate surface area is 188 Å². The first-order chi connectivity index (χ1) is 14.9. The van der Waals surface area contributed by atoms with E-state index in [4.69, 9.17) is 21.1 Å². The van der Waals surface area contributed by atoms with Crippen LogP contribution in [-0.2, 0) is 10.9 Å². The Kier molecular flexibility index (Phi) is 5.55. The van der Waals surface area contributed by atoms with Crippen LogP contribution in [0.2, 0.25) is 5.02 Å². The van der Waals surface area contributed by atoms with Crippen molar-refractivity contribution < 1.29 is 27.4 Å². The number of aromatic nitrogens is 2. The number of fused-ring (bicyclic) bond motifs is 3. The summed E-state index contributed by atoms with van der Waals surface area (Å²) < 4.78 is 51.2. The van der Waals surface area contributed by atoms with Crippen molar-refractivity contribution in [3.63, 3.8) is 0 Å². The lowest BCUT2D eigenvalue weighted by Gasteiger charge is -2.42. The van der Waals surface area contributed by atoms with Gasteiger partial charge in [-0.3, -0.25) is 4.90 Å². The van der Waals surface area contributed by atoms with Gasteiger partial charge in [-0.25, -0.2) is 4.79 Å². The Morgan fingerprint density at radius 2 is 1.75 bits per heavy atom.